The van der Waals surface area contributed by atoms with E-state index in [9.17, 15) is 8.42 Å². The van der Waals surface area contributed by atoms with Gasteiger partial charge in [0.1, 0.15) is 10.6 Å². The third kappa shape index (κ3) is 3.74. The molecule has 0 aliphatic rings. The highest BCUT2D eigenvalue weighted by molar-refractivity contribution is 7.92. The van der Waals surface area contributed by atoms with Gasteiger partial charge in [0.25, 0.3) is 10.0 Å². The SMILES string of the molecule is CC(C)COc1cccc(NS(=O)(=O)c2cn[nH]c2)c1. The van der Waals surface area contributed by atoms with Crippen LogP contribution in [0, 0.1) is 5.92 Å². The number of ether oxygens (including phenoxy) is 1. The van der Waals surface area contributed by atoms with Crippen LogP contribution in [0.15, 0.2) is 41.6 Å². The summed E-state index contributed by atoms with van der Waals surface area (Å²) in [6.45, 7) is 4.68. The maximum atomic E-state index is 12.0. The van der Waals surface area contributed by atoms with Crippen molar-refractivity contribution in [2.45, 2.75) is 18.7 Å². The van der Waals surface area contributed by atoms with E-state index in [0.717, 1.165) is 0 Å². The lowest BCUT2D eigenvalue weighted by atomic mass is 10.2. The van der Waals surface area contributed by atoms with Crippen molar-refractivity contribution in [3.8, 4) is 5.75 Å². The van der Waals surface area contributed by atoms with Crippen molar-refractivity contribution in [3.05, 3.63) is 36.7 Å². The topological polar surface area (TPSA) is 84.1 Å². The highest BCUT2D eigenvalue weighted by atomic mass is 32.2. The van der Waals surface area contributed by atoms with Crippen molar-refractivity contribution in [1.82, 2.24) is 10.2 Å². The van der Waals surface area contributed by atoms with Crippen LogP contribution in [0.3, 0.4) is 0 Å². The first-order chi connectivity index (χ1) is 9.47. The molecule has 0 unspecified atom stereocenters. The minimum Gasteiger partial charge on any atom is -0.493 e. The number of rotatable bonds is 6. The number of benzene rings is 1. The quantitative estimate of drug-likeness (QED) is 0.856. The van der Waals surface area contributed by atoms with Crippen molar-refractivity contribution >= 4 is 15.7 Å². The molecule has 20 heavy (non-hydrogen) atoms. The average Bonchev–Trinajstić information content (AvgIpc) is 2.91. The van der Waals surface area contributed by atoms with Crippen LogP contribution >= 0.6 is 0 Å². The van der Waals surface area contributed by atoms with E-state index in [4.69, 9.17) is 4.74 Å². The van der Waals surface area contributed by atoms with Crippen LogP contribution in [0.5, 0.6) is 5.75 Å². The fraction of sp³-hybridized carbons (Fsp3) is 0.308. The van der Waals surface area contributed by atoms with Gasteiger partial charge in [0.05, 0.1) is 18.5 Å². The molecular weight excluding hydrogens is 278 g/mol. The highest BCUT2D eigenvalue weighted by Crippen LogP contribution is 2.20. The first-order valence-electron chi connectivity index (χ1n) is 6.22. The summed E-state index contributed by atoms with van der Waals surface area (Å²) in [4.78, 5) is 0.0889. The molecule has 2 rings (SSSR count). The molecule has 0 aliphatic heterocycles. The van der Waals surface area contributed by atoms with Gasteiger partial charge in [-0.15, -0.1) is 0 Å². The number of sulfonamides is 1. The largest absolute Gasteiger partial charge is 0.493 e. The van der Waals surface area contributed by atoms with Crippen molar-refractivity contribution < 1.29 is 13.2 Å². The number of hydrogen-bond acceptors (Lipinski definition) is 4. The smallest absolute Gasteiger partial charge is 0.265 e. The van der Waals surface area contributed by atoms with E-state index in [1.54, 1.807) is 24.3 Å². The lowest BCUT2D eigenvalue weighted by Crippen LogP contribution is -2.12. The Bertz CT molecular complexity index is 651. The second-order valence-corrected chi connectivity index (χ2v) is 6.45. The summed E-state index contributed by atoms with van der Waals surface area (Å²) in [5.74, 6) is 1.03. The first kappa shape index (κ1) is 14.4. The Hall–Kier alpha value is -2.02. The molecule has 1 heterocycles. The number of aromatic amines is 1. The summed E-state index contributed by atoms with van der Waals surface area (Å²) in [5.41, 5.74) is 0.451. The molecule has 0 radical (unpaired) electrons. The molecule has 0 atom stereocenters. The van der Waals surface area contributed by atoms with Gasteiger partial charge in [-0.25, -0.2) is 8.42 Å². The summed E-state index contributed by atoms with van der Waals surface area (Å²) in [7, 11) is -3.62. The summed E-state index contributed by atoms with van der Waals surface area (Å²) in [6.07, 6.45) is 2.57. The minimum atomic E-state index is -3.62. The van der Waals surface area contributed by atoms with E-state index in [-0.39, 0.29) is 4.90 Å². The van der Waals surface area contributed by atoms with Crippen LogP contribution in [-0.2, 0) is 10.0 Å². The van der Waals surface area contributed by atoms with Gasteiger partial charge in [0, 0.05) is 12.3 Å². The Morgan fingerprint density at radius 3 is 2.85 bits per heavy atom. The number of hydrogen-bond donors (Lipinski definition) is 2. The van der Waals surface area contributed by atoms with Crippen LogP contribution in [0.4, 0.5) is 5.69 Å². The minimum absolute atomic E-state index is 0.0889. The fourth-order valence-corrected chi connectivity index (χ4v) is 2.47. The molecule has 0 saturated carbocycles. The molecule has 0 amide bonds. The Morgan fingerprint density at radius 1 is 1.40 bits per heavy atom. The Labute approximate surface area is 118 Å². The average molecular weight is 295 g/mol. The second kappa shape index (κ2) is 5.96. The number of anilines is 1. The predicted octanol–water partition coefficient (Wildman–Crippen LogP) is 2.25. The standard InChI is InChI=1S/C13H17N3O3S/c1-10(2)9-19-12-5-3-4-11(6-12)16-20(17,18)13-7-14-15-8-13/h3-8,10,16H,9H2,1-2H3,(H,14,15). The molecule has 0 saturated heterocycles. The third-order valence-corrected chi connectivity index (χ3v) is 3.80. The molecule has 1 aromatic carbocycles. The van der Waals surface area contributed by atoms with E-state index < -0.39 is 10.0 Å². The van der Waals surface area contributed by atoms with Crippen molar-refractivity contribution in [2.24, 2.45) is 5.92 Å². The van der Waals surface area contributed by atoms with Gasteiger partial charge in [0.15, 0.2) is 0 Å². The lowest BCUT2D eigenvalue weighted by Gasteiger charge is -2.11. The summed E-state index contributed by atoms with van der Waals surface area (Å²) in [6, 6.07) is 6.85. The van der Waals surface area contributed by atoms with Crippen LogP contribution in [0.2, 0.25) is 0 Å². The third-order valence-electron chi connectivity index (χ3n) is 2.45. The first-order valence-corrected chi connectivity index (χ1v) is 7.70. The van der Waals surface area contributed by atoms with Gasteiger partial charge in [0.2, 0.25) is 0 Å². The molecular formula is C13H17N3O3S. The van der Waals surface area contributed by atoms with Crippen LogP contribution in [0.1, 0.15) is 13.8 Å². The maximum absolute atomic E-state index is 12.0. The van der Waals surface area contributed by atoms with Gasteiger partial charge in [-0.05, 0) is 18.1 Å². The van der Waals surface area contributed by atoms with Gasteiger partial charge in [-0.2, -0.15) is 5.10 Å². The zero-order valence-electron chi connectivity index (χ0n) is 11.3. The zero-order valence-corrected chi connectivity index (χ0v) is 12.1. The maximum Gasteiger partial charge on any atom is 0.265 e. The van der Waals surface area contributed by atoms with E-state index in [0.29, 0.717) is 24.0 Å². The number of H-pyrrole nitrogens is 1. The van der Waals surface area contributed by atoms with Crippen LogP contribution < -0.4 is 9.46 Å². The summed E-state index contributed by atoms with van der Waals surface area (Å²) < 4.78 is 32.1. The Morgan fingerprint density at radius 2 is 2.20 bits per heavy atom. The van der Waals surface area contributed by atoms with Crippen molar-refractivity contribution in [3.63, 3.8) is 0 Å². The molecule has 0 fully saturated rings. The summed E-state index contributed by atoms with van der Waals surface area (Å²) in [5, 5.41) is 6.10. The van der Waals surface area contributed by atoms with Crippen molar-refractivity contribution in [2.75, 3.05) is 11.3 Å². The number of aromatic nitrogens is 2. The second-order valence-electron chi connectivity index (χ2n) is 4.77. The zero-order chi connectivity index (χ0) is 14.6. The van der Waals surface area contributed by atoms with Crippen LogP contribution in [0.25, 0.3) is 0 Å². The normalized spacial score (nSPS) is 11.6. The molecule has 0 spiro atoms. The van der Waals surface area contributed by atoms with Crippen molar-refractivity contribution in [1.29, 1.82) is 0 Å². The van der Waals surface area contributed by atoms with Gasteiger partial charge in [-0.1, -0.05) is 19.9 Å². The molecule has 2 N–H and O–H groups in total. The monoisotopic (exact) mass is 295 g/mol. The number of nitrogens with zero attached hydrogens (tertiary/aromatic N) is 1. The van der Waals surface area contributed by atoms with Crippen LogP contribution in [-0.4, -0.2) is 25.2 Å². The molecule has 0 bridgehead atoms. The fourth-order valence-electron chi connectivity index (χ4n) is 1.51. The molecule has 7 heteroatoms. The van der Waals surface area contributed by atoms with Gasteiger partial charge < -0.3 is 4.74 Å². The lowest BCUT2D eigenvalue weighted by molar-refractivity contribution is 0.271. The molecule has 6 nitrogen and oxygen atoms in total. The van der Waals surface area contributed by atoms with Gasteiger partial charge >= 0.3 is 0 Å². The van der Waals surface area contributed by atoms with E-state index in [1.165, 1.54) is 12.4 Å². The number of nitrogens with one attached hydrogen (secondary N) is 2. The highest BCUT2D eigenvalue weighted by Gasteiger charge is 2.15. The van der Waals surface area contributed by atoms with E-state index in [1.807, 2.05) is 13.8 Å². The molecule has 0 aliphatic carbocycles. The Kier molecular flexibility index (Phi) is 4.29. The molecule has 1 aromatic heterocycles. The molecule has 2 aromatic rings. The Balaban J connectivity index is 2.12. The molecule has 108 valence electrons. The van der Waals surface area contributed by atoms with E-state index in [2.05, 4.69) is 14.9 Å². The predicted molar refractivity (Wildman–Crippen MR) is 76.2 cm³/mol. The van der Waals surface area contributed by atoms with E-state index >= 15 is 0 Å². The van der Waals surface area contributed by atoms with Gasteiger partial charge in [-0.3, -0.25) is 9.82 Å². The summed E-state index contributed by atoms with van der Waals surface area (Å²) >= 11 is 0.